The highest BCUT2D eigenvalue weighted by atomic mass is 16.7. The average Bonchev–Trinajstić information content (AvgIpc) is 3.14. The number of nitrogens with two attached hydrogens (primary N) is 1. The van der Waals surface area contributed by atoms with E-state index in [0.717, 1.165) is 11.1 Å². The number of rotatable bonds is 5. The fourth-order valence-electron chi connectivity index (χ4n) is 3.41. The molecule has 0 aliphatic carbocycles. The lowest BCUT2D eigenvalue weighted by atomic mass is 9.88. The summed E-state index contributed by atoms with van der Waals surface area (Å²) in [5.41, 5.74) is 7.95. The quantitative estimate of drug-likeness (QED) is 0.823. The maximum atomic E-state index is 12.4. The van der Waals surface area contributed by atoms with Gasteiger partial charge in [0, 0.05) is 6.54 Å². The molecule has 1 fully saturated rings. The fourth-order valence-corrected chi connectivity index (χ4v) is 3.41. The van der Waals surface area contributed by atoms with Gasteiger partial charge in [-0.15, -0.1) is 0 Å². The molecule has 2 aliphatic heterocycles. The second-order valence-electron chi connectivity index (χ2n) is 6.24. The first-order valence-electron chi connectivity index (χ1n) is 8.29. The molecule has 4 rings (SSSR count). The van der Waals surface area contributed by atoms with Crippen LogP contribution in [0.3, 0.4) is 0 Å². The normalized spacial score (nSPS) is 20.7. The molecule has 0 saturated carbocycles. The van der Waals surface area contributed by atoms with Crippen molar-refractivity contribution in [3.05, 3.63) is 47.5 Å². The molecule has 7 nitrogen and oxygen atoms in total. The number of benzene rings is 2. The maximum absolute atomic E-state index is 12.4. The van der Waals surface area contributed by atoms with Gasteiger partial charge in [-0.3, -0.25) is 4.79 Å². The molecule has 7 heteroatoms. The van der Waals surface area contributed by atoms with E-state index in [1.807, 2.05) is 36.4 Å². The average molecular weight is 356 g/mol. The van der Waals surface area contributed by atoms with Crippen molar-refractivity contribution < 1.29 is 23.7 Å². The number of methoxy groups -OCH3 is 2. The number of ether oxygens (including phenoxy) is 4. The molecular formula is C19H20N2O5. The molecule has 2 heterocycles. The number of β-lactam (4-membered cyclic amide) rings is 1. The zero-order valence-corrected chi connectivity index (χ0v) is 14.6. The molecule has 0 spiro atoms. The number of carbonyl (C=O) groups is 1. The first-order chi connectivity index (χ1) is 12.6. The third-order valence-corrected chi connectivity index (χ3v) is 4.78. The van der Waals surface area contributed by atoms with E-state index in [1.54, 1.807) is 19.1 Å². The summed E-state index contributed by atoms with van der Waals surface area (Å²) in [6.45, 7) is 0.649. The minimum atomic E-state index is -0.560. The zero-order valence-electron chi connectivity index (χ0n) is 14.6. The van der Waals surface area contributed by atoms with Crippen molar-refractivity contribution in [1.82, 2.24) is 4.90 Å². The Labute approximate surface area is 151 Å². The number of amides is 1. The molecule has 2 unspecified atom stereocenters. The molecule has 2 aliphatic rings. The van der Waals surface area contributed by atoms with Crippen molar-refractivity contribution in [3.63, 3.8) is 0 Å². The van der Waals surface area contributed by atoms with Crippen LogP contribution in [0.1, 0.15) is 17.2 Å². The minimum Gasteiger partial charge on any atom is -0.493 e. The van der Waals surface area contributed by atoms with Crippen molar-refractivity contribution in [2.24, 2.45) is 5.73 Å². The van der Waals surface area contributed by atoms with Gasteiger partial charge in [-0.25, -0.2) is 0 Å². The van der Waals surface area contributed by atoms with E-state index in [1.165, 1.54) is 0 Å². The Morgan fingerprint density at radius 3 is 2.62 bits per heavy atom. The molecule has 0 bridgehead atoms. The number of carbonyl (C=O) groups excluding carboxylic acids is 1. The fraction of sp³-hybridized carbons (Fsp3) is 0.316. The van der Waals surface area contributed by atoms with Crippen LogP contribution >= 0.6 is 0 Å². The lowest BCUT2D eigenvalue weighted by Gasteiger charge is -2.45. The van der Waals surface area contributed by atoms with E-state index in [9.17, 15) is 4.79 Å². The molecule has 2 aromatic rings. The molecule has 2 N–H and O–H groups in total. The molecule has 2 aromatic carbocycles. The summed E-state index contributed by atoms with van der Waals surface area (Å²) < 4.78 is 21.4. The van der Waals surface area contributed by atoms with Gasteiger partial charge in [-0.05, 0) is 35.4 Å². The summed E-state index contributed by atoms with van der Waals surface area (Å²) in [4.78, 5) is 14.1. The smallest absolute Gasteiger partial charge is 0.242 e. The summed E-state index contributed by atoms with van der Waals surface area (Å²) in [6.07, 6.45) is 0. The SMILES string of the molecule is COc1ccc(CN2C(=O)C(N)C2c2ccc3c(c2)OCO3)cc1OC. The van der Waals surface area contributed by atoms with E-state index < -0.39 is 6.04 Å². The summed E-state index contributed by atoms with van der Waals surface area (Å²) >= 11 is 0. The second-order valence-corrected chi connectivity index (χ2v) is 6.24. The Morgan fingerprint density at radius 2 is 1.85 bits per heavy atom. The van der Waals surface area contributed by atoms with Crippen LogP contribution < -0.4 is 24.7 Å². The van der Waals surface area contributed by atoms with Gasteiger partial charge in [-0.1, -0.05) is 12.1 Å². The second kappa shape index (κ2) is 6.42. The highest BCUT2D eigenvalue weighted by Gasteiger charge is 2.46. The predicted molar refractivity (Wildman–Crippen MR) is 93.4 cm³/mol. The lowest BCUT2D eigenvalue weighted by Crippen LogP contribution is -2.62. The molecule has 0 radical (unpaired) electrons. The number of nitrogens with zero attached hydrogens (tertiary/aromatic N) is 1. The Balaban J connectivity index is 1.58. The van der Waals surface area contributed by atoms with Gasteiger partial charge in [0.2, 0.25) is 12.7 Å². The van der Waals surface area contributed by atoms with Crippen molar-refractivity contribution in [3.8, 4) is 23.0 Å². The van der Waals surface area contributed by atoms with Gasteiger partial charge in [0.15, 0.2) is 23.0 Å². The van der Waals surface area contributed by atoms with Gasteiger partial charge in [0.05, 0.1) is 20.3 Å². The van der Waals surface area contributed by atoms with Crippen LogP contribution in [0.4, 0.5) is 0 Å². The van der Waals surface area contributed by atoms with Crippen molar-refractivity contribution >= 4 is 5.91 Å². The summed E-state index contributed by atoms with van der Waals surface area (Å²) in [5, 5.41) is 0. The number of hydrogen-bond donors (Lipinski definition) is 1. The Hall–Kier alpha value is -2.93. The van der Waals surface area contributed by atoms with Crippen molar-refractivity contribution in [2.45, 2.75) is 18.6 Å². The molecule has 1 amide bonds. The van der Waals surface area contributed by atoms with E-state index in [2.05, 4.69) is 0 Å². The molecule has 0 aromatic heterocycles. The Kier molecular flexibility index (Phi) is 4.08. The van der Waals surface area contributed by atoms with Crippen LogP contribution in [0.5, 0.6) is 23.0 Å². The third kappa shape index (κ3) is 2.61. The van der Waals surface area contributed by atoms with Gasteiger partial charge in [0.1, 0.15) is 6.04 Å². The number of hydrogen-bond acceptors (Lipinski definition) is 6. The monoisotopic (exact) mass is 356 g/mol. The first kappa shape index (κ1) is 16.5. The number of fused-ring (bicyclic) bond motifs is 1. The van der Waals surface area contributed by atoms with Crippen LogP contribution in [-0.2, 0) is 11.3 Å². The number of likely N-dealkylation sites (tertiary alicyclic amines) is 1. The summed E-state index contributed by atoms with van der Waals surface area (Å²) in [6, 6.07) is 10.5. The zero-order chi connectivity index (χ0) is 18.3. The molecular weight excluding hydrogens is 336 g/mol. The van der Waals surface area contributed by atoms with Crippen molar-refractivity contribution in [2.75, 3.05) is 21.0 Å². The largest absolute Gasteiger partial charge is 0.493 e. The third-order valence-electron chi connectivity index (χ3n) is 4.78. The maximum Gasteiger partial charge on any atom is 0.242 e. The van der Waals surface area contributed by atoms with Gasteiger partial charge in [-0.2, -0.15) is 0 Å². The Morgan fingerprint density at radius 1 is 1.08 bits per heavy atom. The van der Waals surface area contributed by atoms with E-state index in [0.29, 0.717) is 29.5 Å². The van der Waals surface area contributed by atoms with Gasteiger partial charge in [0.25, 0.3) is 0 Å². The summed E-state index contributed by atoms with van der Waals surface area (Å²) in [7, 11) is 3.17. The van der Waals surface area contributed by atoms with Gasteiger partial charge >= 0.3 is 0 Å². The minimum absolute atomic E-state index is 0.0811. The van der Waals surface area contributed by atoms with E-state index in [4.69, 9.17) is 24.7 Å². The molecule has 1 saturated heterocycles. The van der Waals surface area contributed by atoms with Gasteiger partial charge < -0.3 is 29.6 Å². The van der Waals surface area contributed by atoms with Crippen LogP contribution in [0.25, 0.3) is 0 Å². The van der Waals surface area contributed by atoms with Crippen molar-refractivity contribution in [1.29, 1.82) is 0 Å². The summed E-state index contributed by atoms with van der Waals surface area (Å²) in [5.74, 6) is 2.58. The van der Waals surface area contributed by atoms with Crippen LogP contribution in [0.2, 0.25) is 0 Å². The molecule has 136 valence electrons. The predicted octanol–water partition coefficient (Wildman–Crippen LogP) is 1.84. The Bertz CT molecular complexity index is 854. The highest BCUT2D eigenvalue weighted by Crippen LogP contribution is 2.41. The van der Waals surface area contributed by atoms with Crippen LogP contribution in [0.15, 0.2) is 36.4 Å². The standard InChI is InChI=1S/C19H20N2O5/c1-23-13-5-3-11(7-15(13)24-2)9-21-18(17(20)19(21)22)12-4-6-14-16(8-12)26-10-25-14/h3-8,17-18H,9-10,20H2,1-2H3. The molecule has 26 heavy (non-hydrogen) atoms. The first-order valence-corrected chi connectivity index (χ1v) is 8.29. The van der Waals surface area contributed by atoms with Crippen LogP contribution in [0, 0.1) is 0 Å². The highest BCUT2D eigenvalue weighted by molar-refractivity contribution is 5.89. The topological polar surface area (TPSA) is 83.3 Å². The van der Waals surface area contributed by atoms with E-state index in [-0.39, 0.29) is 18.7 Å². The molecule has 2 atom stereocenters. The van der Waals surface area contributed by atoms with E-state index >= 15 is 0 Å². The van der Waals surface area contributed by atoms with Crippen LogP contribution in [-0.4, -0.2) is 37.9 Å². The lowest BCUT2D eigenvalue weighted by molar-refractivity contribution is -0.150.